The summed E-state index contributed by atoms with van der Waals surface area (Å²) in [4.78, 5) is 36.0. The molecule has 1 aliphatic rings. The van der Waals surface area contributed by atoms with Gasteiger partial charge in [-0.05, 0) is 30.7 Å². The summed E-state index contributed by atoms with van der Waals surface area (Å²) in [6.45, 7) is 0.250. The van der Waals surface area contributed by atoms with Gasteiger partial charge in [-0.1, -0.05) is 36.1 Å². The average molecular weight is 417 g/mol. The summed E-state index contributed by atoms with van der Waals surface area (Å²) in [5.41, 5.74) is 0.762. The van der Waals surface area contributed by atoms with Crippen LogP contribution in [0.25, 0.3) is 17.4 Å². The van der Waals surface area contributed by atoms with Gasteiger partial charge in [-0.15, -0.1) is 0 Å². The number of hydrogen-bond donors (Lipinski definition) is 2. The molecule has 144 valence electrons. The minimum atomic E-state index is -1.03. The largest absolute Gasteiger partial charge is 0.481 e. The Morgan fingerprint density at radius 2 is 2.00 bits per heavy atom. The van der Waals surface area contributed by atoms with E-state index in [9.17, 15) is 14.4 Å². The molecule has 0 atom stereocenters. The molecule has 2 N–H and O–H groups in total. The number of benzene rings is 1. The Morgan fingerprint density at radius 3 is 2.71 bits per heavy atom. The Morgan fingerprint density at radius 1 is 1.21 bits per heavy atom. The minimum absolute atomic E-state index is 0.0347. The van der Waals surface area contributed by atoms with Crippen LogP contribution in [-0.2, 0) is 9.59 Å². The molecule has 1 fully saturated rings. The number of carbonyl (C=O) groups excluding carboxylic acids is 1. The molecule has 0 saturated carbocycles. The standard InChI is InChI=1S/C19H15NO6S2/c21-16(22)5-2-8-20-17(23)15(28-19(20)27)10-13-6-7-14(26-13)11-3-1-4-12(9-11)18(24)25/h1,3-4,6-7,9-10H,2,5,8H2,(H,21,22)(H,24,25)/b15-10-. The van der Waals surface area contributed by atoms with Gasteiger partial charge >= 0.3 is 11.9 Å². The van der Waals surface area contributed by atoms with Crippen molar-refractivity contribution >= 4 is 52.2 Å². The summed E-state index contributed by atoms with van der Waals surface area (Å²) in [5, 5.41) is 17.8. The monoisotopic (exact) mass is 417 g/mol. The summed E-state index contributed by atoms with van der Waals surface area (Å²) in [6, 6.07) is 9.73. The van der Waals surface area contributed by atoms with Crippen molar-refractivity contribution in [3.8, 4) is 11.3 Å². The van der Waals surface area contributed by atoms with Gasteiger partial charge in [0.25, 0.3) is 5.91 Å². The fourth-order valence-electron chi connectivity index (χ4n) is 2.60. The molecule has 0 unspecified atom stereocenters. The van der Waals surface area contributed by atoms with Crippen molar-refractivity contribution in [1.29, 1.82) is 0 Å². The maximum atomic E-state index is 12.5. The molecule has 9 heteroatoms. The van der Waals surface area contributed by atoms with Gasteiger partial charge in [0.15, 0.2) is 0 Å². The molecule has 1 aromatic carbocycles. The Kier molecular flexibility index (Phi) is 5.96. The molecular weight excluding hydrogens is 402 g/mol. The molecule has 1 aromatic heterocycles. The molecule has 2 aromatic rings. The molecular formula is C19H15NO6S2. The molecule has 0 aliphatic carbocycles. The van der Waals surface area contributed by atoms with Crippen molar-refractivity contribution in [2.24, 2.45) is 0 Å². The zero-order valence-electron chi connectivity index (χ0n) is 14.5. The van der Waals surface area contributed by atoms with Crippen molar-refractivity contribution in [1.82, 2.24) is 4.90 Å². The van der Waals surface area contributed by atoms with Gasteiger partial charge in [-0.2, -0.15) is 0 Å². The number of furan rings is 1. The van der Waals surface area contributed by atoms with Gasteiger partial charge in [0.1, 0.15) is 15.8 Å². The molecule has 0 bridgehead atoms. The fourth-order valence-corrected chi connectivity index (χ4v) is 3.89. The highest BCUT2D eigenvalue weighted by molar-refractivity contribution is 8.26. The minimum Gasteiger partial charge on any atom is -0.481 e. The number of aromatic carboxylic acids is 1. The molecule has 1 aliphatic heterocycles. The molecule has 0 radical (unpaired) electrons. The highest BCUT2D eigenvalue weighted by atomic mass is 32.2. The molecule has 1 saturated heterocycles. The van der Waals surface area contributed by atoms with Crippen LogP contribution in [0.4, 0.5) is 0 Å². The number of hydrogen-bond acceptors (Lipinski definition) is 6. The second-order valence-corrected chi connectivity index (χ2v) is 7.59. The maximum absolute atomic E-state index is 12.5. The number of amides is 1. The van der Waals surface area contributed by atoms with E-state index in [1.807, 2.05) is 0 Å². The lowest BCUT2D eigenvalue weighted by atomic mass is 10.1. The number of carbonyl (C=O) groups is 3. The van der Waals surface area contributed by atoms with Crippen LogP contribution >= 0.6 is 24.0 Å². The first-order valence-electron chi connectivity index (χ1n) is 8.26. The predicted molar refractivity (Wildman–Crippen MR) is 108 cm³/mol. The van der Waals surface area contributed by atoms with Crippen molar-refractivity contribution in [3.63, 3.8) is 0 Å². The molecule has 1 amide bonds. The van der Waals surface area contributed by atoms with Crippen molar-refractivity contribution in [2.45, 2.75) is 12.8 Å². The second-order valence-electron chi connectivity index (χ2n) is 5.92. The lowest BCUT2D eigenvalue weighted by Crippen LogP contribution is -2.29. The number of carboxylic acids is 2. The van der Waals surface area contributed by atoms with Gasteiger partial charge in [-0.3, -0.25) is 14.5 Å². The number of rotatable bonds is 7. The van der Waals surface area contributed by atoms with E-state index in [2.05, 4.69) is 0 Å². The molecule has 2 heterocycles. The van der Waals surface area contributed by atoms with E-state index in [4.69, 9.17) is 26.8 Å². The molecule has 0 spiro atoms. The van der Waals surface area contributed by atoms with Crippen LogP contribution in [0.3, 0.4) is 0 Å². The van der Waals surface area contributed by atoms with Gasteiger partial charge < -0.3 is 14.6 Å². The average Bonchev–Trinajstić information content (AvgIpc) is 3.22. The quantitative estimate of drug-likeness (QED) is 0.518. The number of nitrogens with zero attached hydrogens (tertiary/aromatic N) is 1. The van der Waals surface area contributed by atoms with E-state index in [0.29, 0.717) is 32.7 Å². The Hall–Kier alpha value is -2.91. The van der Waals surface area contributed by atoms with Gasteiger partial charge in [0.05, 0.1) is 10.5 Å². The van der Waals surface area contributed by atoms with Gasteiger partial charge in [-0.25, -0.2) is 4.79 Å². The maximum Gasteiger partial charge on any atom is 0.335 e. The second kappa shape index (κ2) is 8.41. The van der Waals surface area contributed by atoms with Crippen LogP contribution in [0.2, 0.25) is 0 Å². The summed E-state index contributed by atoms with van der Waals surface area (Å²) in [5.74, 6) is -1.32. The fraction of sp³-hybridized carbons (Fsp3) is 0.158. The van der Waals surface area contributed by atoms with Crippen LogP contribution in [0.5, 0.6) is 0 Å². The highest BCUT2D eigenvalue weighted by Gasteiger charge is 2.31. The molecule has 28 heavy (non-hydrogen) atoms. The first-order chi connectivity index (χ1) is 13.3. The first kappa shape index (κ1) is 19.8. The summed E-state index contributed by atoms with van der Waals surface area (Å²) >= 11 is 6.33. The van der Waals surface area contributed by atoms with E-state index >= 15 is 0 Å². The zero-order chi connectivity index (χ0) is 20.3. The first-order valence-corrected chi connectivity index (χ1v) is 9.48. The van der Waals surface area contributed by atoms with Crippen molar-refractivity contribution in [3.05, 3.63) is 52.6 Å². The van der Waals surface area contributed by atoms with Crippen LogP contribution in [0.15, 0.2) is 45.7 Å². The number of thioether (sulfide) groups is 1. The summed E-state index contributed by atoms with van der Waals surface area (Å²) in [6.07, 6.45) is 1.86. The number of carboxylic acid groups (broad SMARTS) is 2. The topological polar surface area (TPSA) is 108 Å². The van der Waals surface area contributed by atoms with Crippen LogP contribution in [0.1, 0.15) is 29.0 Å². The van der Waals surface area contributed by atoms with Crippen LogP contribution < -0.4 is 0 Å². The van der Waals surface area contributed by atoms with Gasteiger partial charge in [0.2, 0.25) is 0 Å². The Balaban J connectivity index is 1.75. The SMILES string of the molecule is O=C(O)CCCN1C(=O)/C(=C/c2ccc(-c3cccc(C(=O)O)c3)o2)SC1=S. The van der Waals surface area contributed by atoms with E-state index < -0.39 is 11.9 Å². The Bertz CT molecular complexity index is 994. The molecule has 7 nitrogen and oxygen atoms in total. The van der Waals surface area contributed by atoms with E-state index in [-0.39, 0.29) is 24.4 Å². The van der Waals surface area contributed by atoms with E-state index in [1.54, 1.807) is 30.3 Å². The normalized spacial score (nSPS) is 15.4. The molecule has 3 rings (SSSR count). The third kappa shape index (κ3) is 4.49. The van der Waals surface area contributed by atoms with Gasteiger partial charge in [0, 0.05) is 24.6 Å². The predicted octanol–water partition coefficient (Wildman–Crippen LogP) is 3.71. The summed E-state index contributed by atoms with van der Waals surface area (Å²) < 4.78 is 6.10. The Labute approximate surface area is 169 Å². The smallest absolute Gasteiger partial charge is 0.335 e. The van der Waals surface area contributed by atoms with E-state index in [1.165, 1.54) is 17.0 Å². The van der Waals surface area contributed by atoms with Crippen molar-refractivity contribution < 1.29 is 29.0 Å². The van der Waals surface area contributed by atoms with Crippen LogP contribution in [0, 0.1) is 0 Å². The van der Waals surface area contributed by atoms with Crippen molar-refractivity contribution in [2.75, 3.05) is 6.54 Å². The number of thiocarbonyl (C=S) groups is 1. The summed E-state index contributed by atoms with van der Waals surface area (Å²) in [7, 11) is 0. The third-order valence-corrected chi connectivity index (χ3v) is 5.32. The third-order valence-electron chi connectivity index (χ3n) is 3.94. The highest BCUT2D eigenvalue weighted by Crippen LogP contribution is 2.33. The van der Waals surface area contributed by atoms with Crippen LogP contribution in [-0.4, -0.2) is 43.8 Å². The van der Waals surface area contributed by atoms with E-state index in [0.717, 1.165) is 11.8 Å². The lowest BCUT2D eigenvalue weighted by Gasteiger charge is -2.13. The zero-order valence-corrected chi connectivity index (χ0v) is 16.1. The lowest BCUT2D eigenvalue weighted by molar-refractivity contribution is -0.137. The number of aliphatic carboxylic acids is 1.